The zero-order valence-electron chi connectivity index (χ0n) is 10.5. The van der Waals surface area contributed by atoms with Crippen LogP contribution in [0.5, 0.6) is 0 Å². The molecule has 0 saturated heterocycles. The molecule has 0 bridgehead atoms. The Balaban J connectivity index is 2.04. The first-order valence-electron chi connectivity index (χ1n) is 6.28. The van der Waals surface area contributed by atoms with Crippen molar-refractivity contribution in [2.45, 2.75) is 39.2 Å². The predicted octanol–water partition coefficient (Wildman–Crippen LogP) is 3.00. The van der Waals surface area contributed by atoms with E-state index in [2.05, 4.69) is 12.2 Å². The zero-order valence-corrected chi connectivity index (χ0v) is 10.5. The van der Waals surface area contributed by atoms with Crippen LogP contribution < -0.4 is 5.32 Å². The summed E-state index contributed by atoms with van der Waals surface area (Å²) in [5.74, 6) is -0.208. The zero-order chi connectivity index (χ0) is 12.3. The molecule has 1 N–H and O–H groups in total. The minimum Gasteiger partial charge on any atom is -0.459 e. The average molecular weight is 233 g/mol. The highest BCUT2D eigenvalue weighted by Crippen LogP contribution is 2.23. The number of anilines is 1. The van der Waals surface area contributed by atoms with E-state index in [1.54, 1.807) is 0 Å². The topological polar surface area (TPSA) is 38.3 Å². The van der Waals surface area contributed by atoms with Crippen molar-refractivity contribution < 1.29 is 9.53 Å². The number of esters is 1. The van der Waals surface area contributed by atoms with Crippen LogP contribution in [0.15, 0.2) is 18.2 Å². The summed E-state index contributed by atoms with van der Waals surface area (Å²) >= 11 is 0. The number of fused-ring (bicyclic) bond motifs is 1. The lowest BCUT2D eigenvalue weighted by Gasteiger charge is -2.12. The summed E-state index contributed by atoms with van der Waals surface area (Å²) in [6, 6.07) is 5.73. The number of benzene rings is 1. The van der Waals surface area contributed by atoms with Gasteiger partial charge in [0.2, 0.25) is 0 Å². The fourth-order valence-corrected chi connectivity index (χ4v) is 2.15. The summed E-state index contributed by atoms with van der Waals surface area (Å²) in [5, 5.41) is 3.28. The van der Waals surface area contributed by atoms with Crippen LogP contribution in [0.4, 0.5) is 5.69 Å². The molecule has 1 heterocycles. The molecule has 0 aliphatic carbocycles. The van der Waals surface area contributed by atoms with E-state index in [0.717, 1.165) is 31.5 Å². The fraction of sp³-hybridized carbons (Fsp3) is 0.500. The lowest BCUT2D eigenvalue weighted by atomic mass is 10.1. The summed E-state index contributed by atoms with van der Waals surface area (Å²) in [6.07, 6.45) is 2.93. The van der Waals surface area contributed by atoms with Crippen molar-refractivity contribution in [2.75, 3.05) is 11.9 Å². The Kier molecular flexibility index (Phi) is 3.67. The molecule has 0 fully saturated rings. The van der Waals surface area contributed by atoms with Gasteiger partial charge in [-0.3, -0.25) is 0 Å². The van der Waals surface area contributed by atoms with Gasteiger partial charge in [-0.05, 0) is 43.5 Å². The van der Waals surface area contributed by atoms with Crippen LogP contribution in [0.25, 0.3) is 0 Å². The van der Waals surface area contributed by atoms with Gasteiger partial charge in [-0.2, -0.15) is 0 Å². The highest BCUT2D eigenvalue weighted by atomic mass is 16.5. The van der Waals surface area contributed by atoms with Gasteiger partial charge in [-0.1, -0.05) is 13.3 Å². The smallest absolute Gasteiger partial charge is 0.338 e. The molecule has 92 valence electrons. The largest absolute Gasteiger partial charge is 0.459 e. The summed E-state index contributed by atoms with van der Waals surface area (Å²) < 4.78 is 5.38. The standard InChI is InChI=1S/C14H19NO2/c1-3-4-10(2)17-14(16)12-5-6-13-11(9-12)7-8-15-13/h5-6,9-10,15H,3-4,7-8H2,1-2H3. The minimum atomic E-state index is -0.208. The Morgan fingerprint density at radius 3 is 3.12 bits per heavy atom. The molecular formula is C14H19NO2. The summed E-state index contributed by atoms with van der Waals surface area (Å²) in [6.45, 7) is 4.99. The molecule has 1 aliphatic rings. The van der Waals surface area contributed by atoms with Crippen molar-refractivity contribution in [3.63, 3.8) is 0 Å². The first kappa shape index (κ1) is 12.0. The van der Waals surface area contributed by atoms with E-state index in [0.29, 0.717) is 5.56 Å². The Morgan fingerprint density at radius 1 is 1.53 bits per heavy atom. The van der Waals surface area contributed by atoms with Crippen molar-refractivity contribution in [1.29, 1.82) is 0 Å². The van der Waals surface area contributed by atoms with Crippen LogP contribution in [0.1, 0.15) is 42.6 Å². The van der Waals surface area contributed by atoms with Gasteiger partial charge >= 0.3 is 5.97 Å². The van der Waals surface area contributed by atoms with Gasteiger partial charge in [-0.15, -0.1) is 0 Å². The van der Waals surface area contributed by atoms with Gasteiger partial charge in [0.25, 0.3) is 0 Å². The lowest BCUT2D eigenvalue weighted by Crippen LogP contribution is -2.14. The molecule has 1 atom stereocenters. The number of carbonyl (C=O) groups is 1. The second-order valence-electron chi connectivity index (χ2n) is 4.55. The van der Waals surface area contributed by atoms with Gasteiger partial charge in [0.1, 0.15) is 0 Å². The van der Waals surface area contributed by atoms with Crippen molar-refractivity contribution in [2.24, 2.45) is 0 Å². The molecule has 0 saturated carbocycles. The molecule has 0 radical (unpaired) electrons. The Labute approximate surface area is 102 Å². The molecule has 17 heavy (non-hydrogen) atoms. The van der Waals surface area contributed by atoms with E-state index < -0.39 is 0 Å². The molecule has 1 unspecified atom stereocenters. The molecule has 0 amide bonds. The van der Waals surface area contributed by atoms with E-state index in [1.165, 1.54) is 5.56 Å². The molecule has 2 rings (SSSR count). The van der Waals surface area contributed by atoms with E-state index in [9.17, 15) is 4.79 Å². The first-order chi connectivity index (χ1) is 8.20. The number of hydrogen-bond acceptors (Lipinski definition) is 3. The summed E-state index contributed by atoms with van der Waals surface area (Å²) in [7, 11) is 0. The van der Waals surface area contributed by atoms with Crippen LogP contribution >= 0.6 is 0 Å². The first-order valence-corrected chi connectivity index (χ1v) is 6.28. The van der Waals surface area contributed by atoms with Crippen molar-refractivity contribution in [3.05, 3.63) is 29.3 Å². The number of carbonyl (C=O) groups excluding carboxylic acids is 1. The third-order valence-electron chi connectivity index (χ3n) is 3.05. The van der Waals surface area contributed by atoms with Crippen LogP contribution in [0.3, 0.4) is 0 Å². The van der Waals surface area contributed by atoms with E-state index in [4.69, 9.17) is 4.74 Å². The number of ether oxygens (including phenoxy) is 1. The lowest BCUT2D eigenvalue weighted by molar-refractivity contribution is 0.0323. The summed E-state index contributed by atoms with van der Waals surface area (Å²) in [4.78, 5) is 11.9. The maximum Gasteiger partial charge on any atom is 0.338 e. The molecule has 1 aromatic carbocycles. The molecule has 0 aromatic heterocycles. The number of nitrogens with one attached hydrogen (secondary N) is 1. The van der Waals surface area contributed by atoms with Crippen molar-refractivity contribution in [1.82, 2.24) is 0 Å². The second-order valence-corrected chi connectivity index (χ2v) is 4.55. The Hall–Kier alpha value is -1.51. The quantitative estimate of drug-likeness (QED) is 0.812. The van der Waals surface area contributed by atoms with Crippen molar-refractivity contribution in [3.8, 4) is 0 Å². The van der Waals surface area contributed by atoms with Gasteiger partial charge in [-0.25, -0.2) is 4.79 Å². The highest BCUT2D eigenvalue weighted by Gasteiger charge is 2.15. The van der Waals surface area contributed by atoms with Crippen LogP contribution in [-0.2, 0) is 11.2 Å². The third-order valence-corrected chi connectivity index (χ3v) is 3.05. The maximum absolute atomic E-state index is 11.9. The van der Waals surface area contributed by atoms with Crippen LogP contribution in [0, 0.1) is 0 Å². The Morgan fingerprint density at radius 2 is 2.35 bits per heavy atom. The second kappa shape index (κ2) is 5.21. The number of hydrogen-bond donors (Lipinski definition) is 1. The normalized spacial score (nSPS) is 14.9. The van der Waals surface area contributed by atoms with Gasteiger partial charge in [0.05, 0.1) is 11.7 Å². The minimum absolute atomic E-state index is 0.00104. The van der Waals surface area contributed by atoms with Gasteiger partial charge in [0.15, 0.2) is 0 Å². The van der Waals surface area contributed by atoms with Gasteiger partial charge < -0.3 is 10.1 Å². The molecule has 1 aromatic rings. The maximum atomic E-state index is 11.9. The van der Waals surface area contributed by atoms with Crippen molar-refractivity contribution >= 4 is 11.7 Å². The third kappa shape index (κ3) is 2.78. The molecule has 3 heteroatoms. The molecule has 0 spiro atoms. The molecular weight excluding hydrogens is 214 g/mol. The van der Waals surface area contributed by atoms with E-state index >= 15 is 0 Å². The van der Waals surface area contributed by atoms with Gasteiger partial charge in [0, 0.05) is 12.2 Å². The van der Waals surface area contributed by atoms with Crippen LogP contribution in [0.2, 0.25) is 0 Å². The van der Waals surface area contributed by atoms with E-state index in [1.807, 2.05) is 25.1 Å². The van der Waals surface area contributed by atoms with E-state index in [-0.39, 0.29) is 12.1 Å². The average Bonchev–Trinajstić information content (AvgIpc) is 2.75. The summed E-state index contributed by atoms with van der Waals surface area (Å²) in [5.41, 5.74) is 3.01. The number of rotatable bonds is 4. The van der Waals surface area contributed by atoms with Crippen LogP contribution in [-0.4, -0.2) is 18.6 Å². The highest BCUT2D eigenvalue weighted by molar-refractivity contribution is 5.90. The fourth-order valence-electron chi connectivity index (χ4n) is 2.15. The molecule has 3 nitrogen and oxygen atoms in total. The predicted molar refractivity (Wildman–Crippen MR) is 68.4 cm³/mol. The SMILES string of the molecule is CCCC(C)OC(=O)c1ccc2c(c1)CCN2. The Bertz CT molecular complexity index is 415. The monoisotopic (exact) mass is 233 g/mol. The molecule has 1 aliphatic heterocycles.